The van der Waals surface area contributed by atoms with Crippen molar-refractivity contribution in [3.8, 4) is 0 Å². The van der Waals surface area contributed by atoms with Crippen LogP contribution < -0.4 is 5.73 Å². The smallest absolute Gasteiger partial charge is 0.235 e. The van der Waals surface area contributed by atoms with Crippen molar-refractivity contribution in [3.05, 3.63) is 41.5 Å². The summed E-state index contributed by atoms with van der Waals surface area (Å²) in [4.78, 5) is 0.777. The molecule has 0 fully saturated rings. The number of rotatable bonds is 6. The van der Waals surface area contributed by atoms with Gasteiger partial charge in [-0.1, -0.05) is 49.1 Å². The Labute approximate surface area is 142 Å². The van der Waals surface area contributed by atoms with Crippen LogP contribution in [0.4, 0.5) is 4.39 Å². The van der Waals surface area contributed by atoms with Gasteiger partial charge in [-0.2, -0.15) is 4.52 Å². The van der Waals surface area contributed by atoms with Crippen molar-refractivity contribution in [1.82, 2.24) is 19.8 Å². The molecule has 0 aliphatic rings. The number of hydrogen-bond acceptors (Lipinski definition) is 5. The average Bonchev–Trinajstić information content (AvgIpc) is 3.04. The van der Waals surface area contributed by atoms with Crippen LogP contribution in [0.25, 0.3) is 4.96 Å². The maximum Gasteiger partial charge on any atom is 0.235 e. The van der Waals surface area contributed by atoms with E-state index in [1.807, 2.05) is 6.07 Å². The lowest BCUT2D eigenvalue weighted by Crippen LogP contribution is -2.54. The molecular formula is C15H19FN5S2+. The van der Waals surface area contributed by atoms with Crippen molar-refractivity contribution in [2.75, 3.05) is 0 Å². The zero-order valence-electron chi connectivity index (χ0n) is 13.1. The maximum absolute atomic E-state index is 13.2. The van der Waals surface area contributed by atoms with Crippen LogP contribution >= 0.6 is 23.1 Å². The van der Waals surface area contributed by atoms with E-state index < -0.39 is 0 Å². The van der Waals surface area contributed by atoms with Crippen LogP contribution in [0.1, 0.15) is 37.7 Å². The summed E-state index contributed by atoms with van der Waals surface area (Å²) in [6.45, 7) is 4.33. The SMILES string of the molecule is CC(C)C[C@H]([NH3+])c1nnc2sc(SCc3cccc(F)c3)nn12. The highest BCUT2D eigenvalue weighted by molar-refractivity contribution is 8.00. The normalized spacial score (nSPS) is 13.1. The molecule has 2 heterocycles. The van der Waals surface area contributed by atoms with E-state index in [-0.39, 0.29) is 11.9 Å². The van der Waals surface area contributed by atoms with Crippen molar-refractivity contribution in [3.63, 3.8) is 0 Å². The van der Waals surface area contributed by atoms with Gasteiger partial charge in [-0.25, -0.2) is 4.39 Å². The lowest BCUT2D eigenvalue weighted by molar-refractivity contribution is -0.432. The van der Waals surface area contributed by atoms with Gasteiger partial charge >= 0.3 is 0 Å². The van der Waals surface area contributed by atoms with E-state index >= 15 is 0 Å². The highest BCUT2D eigenvalue weighted by Crippen LogP contribution is 2.28. The van der Waals surface area contributed by atoms with Crippen LogP contribution in [-0.4, -0.2) is 19.8 Å². The highest BCUT2D eigenvalue weighted by Gasteiger charge is 2.21. The third-order valence-electron chi connectivity index (χ3n) is 3.37. The van der Waals surface area contributed by atoms with Gasteiger partial charge in [-0.3, -0.25) is 0 Å². The number of quaternary nitrogens is 1. The zero-order valence-corrected chi connectivity index (χ0v) is 14.7. The summed E-state index contributed by atoms with van der Waals surface area (Å²) < 4.78 is 15.9. The molecule has 2 aromatic heterocycles. The summed E-state index contributed by atoms with van der Waals surface area (Å²) in [5.41, 5.74) is 5.12. The fraction of sp³-hybridized carbons (Fsp3) is 0.400. The monoisotopic (exact) mass is 352 g/mol. The van der Waals surface area contributed by atoms with E-state index in [4.69, 9.17) is 0 Å². The van der Waals surface area contributed by atoms with Crippen LogP contribution in [0.2, 0.25) is 0 Å². The van der Waals surface area contributed by atoms with E-state index in [0.717, 1.165) is 27.1 Å². The van der Waals surface area contributed by atoms with Gasteiger partial charge < -0.3 is 5.73 Å². The molecule has 0 saturated carbocycles. The Kier molecular flexibility index (Phi) is 4.93. The number of halogens is 1. The summed E-state index contributed by atoms with van der Waals surface area (Å²) in [7, 11) is 0. The predicted octanol–water partition coefficient (Wildman–Crippen LogP) is 2.95. The molecule has 1 aromatic carbocycles. The van der Waals surface area contributed by atoms with Crippen molar-refractivity contribution < 1.29 is 10.1 Å². The Bertz CT molecular complexity index is 798. The zero-order chi connectivity index (χ0) is 16.4. The van der Waals surface area contributed by atoms with Crippen LogP contribution in [0.3, 0.4) is 0 Å². The summed E-state index contributed by atoms with van der Waals surface area (Å²) >= 11 is 3.08. The van der Waals surface area contributed by atoms with E-state index in [1.165, 1.54) is 17.4 Å². The Morgan fingerprint density at radius 1 is 1.35 bits per heavy atom. The molecule has 0 amide bonds. The van der Waals surface area contributed by atoms with E-state index in [2.05, 4.69) is 34.9 Å². The Hall–Kier alpha value is -1.51. The van der Waals surface area contributed by atoms with Crippen molar-refractivity contribution in [1.29, 1.82) is 0 Å². The summed E-state index contributed by atoms with van der Waals surface area (Å²) in [6, 6.07) is 6.71. The molecule has 0 aliphatic heterocycles. The van der Waals surface area contributed by atoms with Gasteiger partial charge in [-0.05, 0) is 23.6 Å². The van der Waals surface area contributed by atoms with Crippen molar-refractivity contribution in [2.24, 2.45) is 5.92 Å². The van der Waals surface area contributed by atoms with Gasteiger partial charge in [0.25, 0.3) is 0 Å². The maximum atomic E-state index is 13.2. The topological polar surface area (TPSA) is 70.7 Å². The first-order chi connectivity index (χ1) is 11.0. The summed E-state index contributed by atoms with van der Waals surface area (Å²) in [6.07, 6.45) is 0.949. The lowest BCUT2D eigenvalue weighted by atomic mass is 10.0. The van der Waals surface area contributed by atoms with Crippen LogP contribution in [0, 0.1) is 11.7 Å². The van der Waals surface area contributed by atoms with Crippen LogP contribution in [0.5, 0.6) is 0 Å². The molecule has 0 aliphatic carbocycles. The van der Waals surface area contributed by atoms with Crippen LogP contribution in [-0.2, 0) is 5.75 Å². The molecular weight excluding hydrogens is 333 g/mol. The van der Waals surface area contributed by atoms with Crippen LogP contribution in [0.15, 0.2) is 28.6 Å². The van der Waals surface area contributed by atoms with E-state index in [9.17, 15) is 4.39 Å². The van der Waals surface area contributed by atoms with Crippen molar-refractivity contribution in [2.45, 2.75) is 36.4 Å². The predicted molar refractivity (Wildman–Crippen MR) is 89.7 cm³/mol. The van der Waals surface area contributed by atoms with Gasteiger partial charge in [0.05, 0.1) is 0 Å². The van der Waals surface area contributed by atoms with Gasteiger partial charge in [0, 0.05) is 12.2 Å². The Balaban J connectivity index is 1.74. The van der Waals surface area contributed by atoms with Crippen molar-refractivity contribution >= 4 is 28.1 Å². The molecule has 3 aromatic rings. The quantitative estimate of drug-likeness (QED) is 0.693. The van der Waals surface area contributed by atoms with E-state index in [0.29, 0.717) is 11.7 Å². The third-order valence-corrected chi connectivity index (χ3v) is 5.47. The second-order valence-electron chi connectivity index (χ2n) is 5.87. The van der Waals surface area contributed by atoms with Gasteiger partial charge in [0.15, 0.2) is 4.34 Å². The number of aromatic nitrogens is 4. The largest absolute Gasteiger partial charge is 0.349 e. The number of fused-ring (bicyclic) bond motifs is 1. The molecule has 0 radical (unpaired) electrons. The molecule has 8 heteroatoms. The number of thioether (sulfide) groups is 1. The number of nitrogens with zero attached hydrogens (tertiary/aromatic N) is 4. The Morgan fingerprint density at radius 3 is 2.91 bits per heavy atom. The third kappa shape index (κ3) is 3.88. The minimum atomic E-state index is -0.211. The van der Waals surface area contributed by atoms with Gasteiger partial charge in [0.2, 0.25) is 10.8 Å². The molecule has 0 spiro atoms. The molecule has 0 saturated heterocycles. The first-order valence-electron chi connectivity index (χ1n) is 7.45. The fourth-order valence-electron chi connectivity index (χ4n) is 2.37. The van der Waals surface area contributed by atoms with Gasteiger partial charge in [0.1, 0.15) is 11.9 Å². The minimum Gasteiger partial charge on any atom is -0.349 e. The molecule has 3 rings (SSSR count). The molecule has 23 heavy (non-hydrogen) atoms. The Morgan fingerprint density at radius 2 is 2.17 bits per heavy atom. The molecule has 0 unspecified atom stereocenters. The highest BCUT2D eigenvalue weighted by atomic mass is 32.2. The number of benzene rings is 1. The fourth-order valence-corrected chi connectivity index (χ4v) is 4.20. The average molecular weight is 352 g/mol. The molecule has 5 nitrogen and oxygen atoms in total. The molecule has 0 bridgehead atoms. The lowest BCUT2D eigenvalue weighted by Gasteiger charge is -2.07. The standard InChI is InChI=1S/C15H18FN5S2/c1-9(2)6-12(17)13-18-19-14-21(13)20-15(23-14)22-8-10-4-3-5-11(16)7-10/h3-5,7,9,12H,6,8,17H2,1-2H3/p+1/t12-/m0/s1. The summed E-state index contributed by atoms with van der Waals surface area (Å²) in [5, 5.41) is 13.0. The molecule has 1 atom stereocenters. The first kappa shape index (κ1) is 16.4. The van der Waals surface area contributed by atoms with E-state index in [1.54, 1.807) is 28.4 Å². The number of hydrogen-bond donors (Lipinski definition) is 1. The summed E-state index contributed by atoms with van der Waals surface area (Å²) in [5.74, 6) is 1.82. The molecule has 3 N–H and O–H groups in total. The van der Waals surface area contributed by atoms with Gasteiger partial charge in [-0.15, -0.1) is 15.3 Å². The first-order valence-corrected chi connectivity index (χ1v) is 9.25. The minimum absolute atomic E-state index is 0.0770. The second kappa shape index (κ2) is 6.94. The second-order valence-corrected chi connectivity index (χ2v) is 8.04. The molecule has 122 valence electrons.